The average Bonchev–Trinajstić information content (AvgIpc) is 2.33. The third-order valence-electron chi connectivity index (χ3n) is 4.18. The monoisotopic (exact) mass is 261 g/mol. The maximum atomic E-state index is 13.7. The van der Waals surface area contributed by atoms with Gasteiger partial charge in [-0.1, -0.05) is 6.07 Å². The van der Waals surface area contributed by atoms with Gasteiger partial charge in [-0.25, -0.2) is 4.39 Å². The molecule has 1 saturated carbocycles. The minimum atomic E-state index is -0.306. The second-order valence-corrected chi connectivity index (χ2v) is 5.49. The predicted octanol–water partition coefficient (Wildman–Crippen LogP) is 2.27. The van der Waals surface area contributed by atoms with Crippen molar-refractivity contribution in [3.8, 4) is 6.07 Å². The van der Waals surface area contributed by atoms with Gasteiger partial charge in [0.1, 0.15) is 5.82 Å². The largest absolute Gasteiger partial charge is 0.311 e. The summed E-state index contributed by atoms with van der Waals surface area (Å²) in [6.07, 6.45) is 3.66. The molecule has 0 saturated heterocycles. The van der Waals surface area contributed by atoms with Crippen LogP contribution in [-0.2, 0) is 6.54 Å². The molecule has 0 atom stereocenters. The standard InChI is InChI=1S/C15H20FN3/c1-19(2)15(6-3-7-15)11-18-10-13-5-4-12(9-17)8-14(13)16/h4-5,8,18H,3,6-7,10-11H2,1-2H3. The molecule has 19 heavy (non-hydrogen) atoms. The molecule has 0 heterocycles. The number of halogens is 1. The zero-order chi connectivity index (χ0) is 13.9. The van der Waals surface area contributed by atoms with Gasteiger partial charge >= 0.3 is 0 Å². The van der Waals surface area contributed by atoms with Gasteiger partial charge in [0.15, 0.2) is 0 Å². The highest BCUT2D eigenvalue weighted by molar-refractivity contribution is 5.32. The van der Waals surface area contributed by atoms with Crippen molar-refractivity contribution in [2.75, 3.05) is 20.6 Å². The first-order valence-electron chi connectivity index (χ1n) is 6.64. The molecular formula is C15H20FN3. The van der Waals surface area contributed by atoms with E-state index in [0.29, 0.717) is 17.7 Å². The Labute approximate surface area is 114 Å². The van der Waals surface area contributed by atoms with E-state index in [1.54, 1.807) is 12.1 Å². The number of hydrogen-bond acceptors (Lipinski definition) is 3. The molecule has 3 nitrogen and oxygen atoms in total. The molecule has 0 bridgehead atoms. The Hall–Kier alpha value is -1.44. The Bertz CT molecular complexity index is 487. The van der Waals surface area contributed by atoms with Crippen LogP contribution in [0.15, 0.2) is 18.2 Å². The Morgan fingerprint density at radius 2 is 2.16 bits per heavy atom. The van der Waals surface area contributed by atoms with Crippen molar-refractivity contribution in [1.82, 2.24) is 10.2 Å². The second-order valence-electron chi connectivity index (χ2n) is 5.49. The van der Waals surface area contributed by atoms with Gasteiger partial charge in [0.05, 0.1) is 11.6 Å². The lowest BCUT2D eigenvalue weighted by Crippen LogP contribution is -2.56. The Morgan fingerprint density at radius 1 is 1.42 bits per heavy atom. The zero-order valence-electron chi connectivity index (χ0n) is 11.5. The average molecular weight is 261 g/mol. The van der Waals surface area contributed by atoms with Gasteiger partial charge in [-0.05, 0) is 45.5 Å². The van der Waals surface area contributed by atoms with Crippen LogP contribution in [0.3, 0.4) is 0 Å². The molecule has 0 amide bonds. The van der Waals surface area contributed by atoms with Crippen molar-refractivity contribution in [3.05, 3.63) is 35.1 Å². The first kappa shape index (κ1) is 14.0. The summed E-state index contributed by atoms with van der Waals surface area (Å²) in [5, 5.41) is 12.0. The lowest BCUT2D eigenvalue weighted by atomic mass is 9.75. The first-order valence-corrected chi connectivity index (χ1v) is 6.64. The molecular weight excluding hydrogens is 241 g/mol. The van der Waals surface area contributed by atoms with E-state index in [-0.39, 0.29) is 11.4 Å². The molecule has 1 aliphatic rings. The highest BCUT2D eigenvalue weighted by atomic mass is 19.1. The quantitative estimate of drug-likeness (QED) is 0.883. The summed E-state index contributed by atoms with van der Waals surface area (Å²) in [7, 11) is 4.20. The van der Waals surface area contributed by atoms with Crippen LogP contribution in [0.5, 0.6) is 0 Å². The lowest BCUT2D eigenvalue weighted by Gasteiger charge is -2.47. The van der Waals surface area contributed by atoms with Gasteiger partial charge in [-0.3, -0.25) is 0 Å². The van der Waals surface area contributed by atoms with Crippen molar-refractivity contribution < 1.29 is 4.39 Å². The van der Waals surface area contributed by atoms with Gasteiger partial charge in [0, 0.05) is 24.2 Å². The molecule has 0 spiro atoms. The predicted molar refractivity (Wildman–Crippen MR) is 73.1 cm³/mol. The smallest absolute Gasteiger partial charge is 0.129 e. The minimum Gasteiger partial charge on any atom is -0.311 e. The normalized spacial score (nSPS) is 17.0. The fourth-order valence-corrected chi connectivity index (χ4v) is 2.56. The minimum absolute atomic E-state index is 0.239. The van der Waals surface area contributed by atoms with E-state index in [1.165, 1.54) is 25.3 Å². The molecule has 0 aromatic heterocycles. The number of nitrogens with one attached hydrogen (secondary N) is 1. The van der Waals surface area contributed by atoms with Crippen LogP contribution in [0, 0.1) is 17.1 Å². The maximum Gasteiger partial charge on any atom is 0.129 e. The lowest BCUT2D eigenvalue weighted by molar-refractivity contribution is 0.0597. The molecule has 4 heteroatoms. The molecule has 1 aromatic carbocycles. The molecule has 2 rings (SSSR count). The van der Waals surface area contributed by atoms with Gasteiger partial charge in [0.2, 0.25) is 0 Å². The molecule has 1 fully saturated rings. The Balaban J connectivity index is 1.91. The number of hydrogen-bond donors (Lipinski definition) is 1. The summed E-state index contributed by atoms with van der Waals surface area (Å²) >= 11 is 0. The SMILES string of the molecule is CN(C)C1(CNCc2ccc(C#N)cc2F)CCC1. The van der Waals surface area contributed by atoms with Crippen molar-refractivity contribution in [2.24, 2.45) is 0 Å². The van der Waals surface area contributed by atoms with Gasteiger partial charge in [-0.2, -0.15) is 5.26 Å². The number of nitrogens with zero attached hydrogens (tertiary/aromatic N) is 2. The fourth-order valence-electron chi connectivity index (χ4n) is 2.56. The molecule has 102 valence electrons. The summed E-state index contributed by atoms with van der Waals surface area (Å²) in [5.74, 6) is -0.306. The molecule has 0 unspecified atom stereocenters. The summed E-state index contributed by atoms with van der Waals surface area (Å²) in [6, 6.07) is 6.58. The van der Waals surface area contributed by atoms with Crippen LogP contribution in [0.2, 0.25) is 0 Å². The van der Waals surface area contributed by atoms with E-state index in [9.17, 15) is 4.39 Å². The van der Waals surface area contributed by atoms with E-state index in [0.717, 1.165) is 6.54 Å². The topological polar surface area (TPSA) is 39.1 Å². The fraction of sp³-hybridized carbons (Fsp3) is 0.533. The van der Waals surface area contributed by atoms with Crippen LogP contribution < -0.4 is 5.32 Å². The van der Waals surface area contributed by atoms with Crippen LogP contribution in [-0.4, -0.2) is 31.1 Å². The Kier molecular flexibility index (Phi) is 4.18. The molecule has 0 aliphatic heterocycles. The number of rotatable bonds is 5. The van der Waals surface area contributed by atoms with Gasteiger partial charge in [-0.15, -0.1) is 0 Å². The van der Waals surface area contributed by atoms with E-state index < -0.39 is 0 Å². The third kappa shape index (κ3) is 2.94. The van der Waals surface area contributed by atoms with Crippen LogP contribution in [0.25, 0.3) is 0 Å². The summed E-state index contributed by atoms with van der Waals surface area (Å²) in [5.41, 5.74) is 1.22. The van der Waals surface area contributed by atoms with Gasteiger partial charge in [0.25, 0.3) is 0 Å². The molecule has 1 N–H and O–H groups in total. The summed E-state index contributed by atoms with van der Waals surface area (Å²) < 4.78 is 13.7. The molecule has 0 radical (unpaired) electrons. The van der Waals surface area contributed by atoms with Crippen molar-refractivity contribution in [1.29, 1.82) is 5.26 Å². The second kappa shape index (κ2) is 5.68. The highest BCUT2D eigenvalue weighted by Gasteiger charge is 2.38. The maximum absolute atomic E-state index is 13.7. The number of nitriles is 1. The number of benzene rings is 1. The zero-order valence-corrected chi connectivity index (χ0v) is 11.5. The highest BCUT2D eigenvalue weighted by Crippen LogP contribution is 2.35. The van der Waals surface area contributed by atoms with Crippen molar-refractivity contribution >= 4 is 0 Å². The van der Waals surface area contributed by atoms with Crippen molar-refractivity contribution in [2.45, 2.75) is 31.3 Å². The van der Waals surface area contributed by atoms with Crippen LogP contribution >= 0.6 is 0 Å². The Morgan fingerprint density at radius 3 is 2.63 bits per heavy atom. The van der Waals surface area contributed by atoms with Gasteiger partial charge < -0.3 is 10.2 Å². The van der Waals surface area contributed by atoms with Crippen LogP contribution in [0.1, 0.15) is 30.4 Å². The first-order chi connectivity index (χ1) is 9.07. The number of likely N-dealkylation sites (N-methyl/N-ethyl adjacent to an activating group) is 1. The van der Waals surface area contributed by atoms with E-state index in [2.05, 4.69) is 24.3 Å². The van der Waals surface area contributed by atoms with Crippen molar-refractivity contribution in [3.63, 3.8) is 0 Å². The van der Waals surface area contributed by atoms with E-state index in [1.807, 2.05) is 6.07 Å². The van der Waals surface area contributed by atoms with E-state index in [4.69, 9.17) is 5.26 Å². The third-order valence-corrected chi connectivity index (χ3v) is 4.18. The van der Waals surface area contributed by atoms with Crippen LogP contribution in [0.4, 0.5) is 4.39 Å². The molecule has 1 aliphatic carbocycles. The summed E-state index contributed by atoms with van der Waals surface area (Å²) in [4.78, 5) is 2.26. The summed E-state index contributed by atoms with van der Waals surface area (Å²) in [6.45, 7) is 1.38. The molecule has 1 aromatic rings. The van der Waals surface area contributed by atoms with E-state index >= 15 is 0 Å².